The summed E-state index contributed by atoms with van der Waals surface area (Å²) >= 11 is 6.50. The maximum absolute atomic E-state index is 12.7. The number of sulfonamides is 1. The van der Waals surface area contributed by atoms with Gasteiger partial charge in [-0.25, -0.2) is 8.42 Å². The molecule has 1 atom stereocenters. The van der Waals surface area contributed by atoms with Crippen LogP contribution in [-0.2, 0) is 19.6 Å². The molecule has 0 bridgehead atoms. The molecule has 20 heavy (non-hydrogen) atoms. The van der Waals surface area contributed by atoms with Crippen LogP contribution in [0.4, 0.5) is 0 Å². The summed E-state index contributed by atoms with van der Waals surface area (Å²) < 4.78 is 32.4. The van der Waals surface area contributed by atoms with Crippen LogP contribution >= 0.6 is 31.9 Å². The van der Waals surface area contributed by atoms with Gasteiger partial charge in [-0.15, -0.1) is 0 Å². The van der Waals surface area contributed by atoms with Crippen LogP contribution in [0.2, 0.25) is 0 Å². The number of hydrogen-bond acceptors (Lipinski definition) is 4. The Morgan fingerprint density at radius 1 is 1.40 bits per heavy atom. The highest BCUT2D eigenvalue weighted by atomic mass is 79.9. The molecule has 1 aliphatic heterocycles. The predicted octanol–water partition coefficient (Wildman–Crippen LogP) is 2.54. The van der Waals surface area contributed by atoms with Crippen LogP contribution in [0.5, 0.6) is 0 Å². The summed E-state index contributed by atoms with van der Waals surface area (Å²) in [6, 6.07) is 4.17. The maximum atomic E-state index is 12.7. The van der Waals surface area contributed by atoms with Gasteiger partial charge in [0.2, 0.25) is 10.0 Å². The number of carbonyl (C=O) groups excluding carboxylic acids is 1. The highest BCUT2D eigenvalue weighted by Gasteiger charge is 2.40. The minimum Gasteiger partial charge on any atom is -0.468 e. The third-order valence-corrected chi connectivity index (χ3v) is 6.55. The average molecular weight is 427 g/mol. The molecule has 0 N–H and O–H groups in total. The molecule has 1 saturated heterocycles. The molecule has 0 aromatic heterocycles. The van der Waals surface area contributed by atoms with Gasteiger partial charge in [0.15, 0.2) is 0 Å². The SMILES string of the molecule is COC(=O)C1CCCN1S(=O)(=O)c1cc(Br)ccc1Br. The topological polar surface area (TPSA) is 63.7 Å². The summed E-state index contributed by atoms with van der Waals surface area (Å²) in [7, 11) is -2.48. The molecule has 0 spiro atoms. The number of rotatable bonds is 3. The Morgan fingerprint density at radius 2 is 2.10 bits per heavy atom. The second kappa shape index (κ2) is 6.13. The van der Waals surface area contributed by atoms with Crippen LogP contribution in [0.3, 0.4) is 0 Å². The molecular formula is C12H13Br2NO4S. The van der Waals surface area contributed by atoms with Crippen LogP contribution in [0.15, 0.2) is 32.0 Å². The molecule has 1 aromatic rings. The summed E-state index contributed by atoms with van der Waals surface area (Å²) in [5, 5.41) is 0. The van der Waals surface area contributed by atoms with Crippen LogP contribution < -0.4 is 0 Å². The zero-order chi connectivity index (χ0) is 14.9. The zero-order valence-electron chi connectivity index (χ0n) is 10.7. The van der Waals surface area contributed by atoms with Crippen LogP contribution in [0, 0.1) is 0 Å². The lowest BCUT2D eigenvalue weighted by Crippen LogP contribution is -2.41. The monoisotopic (exact) mass is 425 g/mol. The van der Waals surface area contributed by atoms with Crippen molar-refractivity contribution < 1.29 is 17.9 Å². The van der Waals surface area contributed by atoms with Gasteiger partial charge in [0.25, 0.3) is 0 Å². The summed E-state index contributed by atoms with van der Waals surface area (Å²) in [5.74, 6) is -0.516. The van der Waals surface area contributed by atoms with E-state index in [1.807, 2.05) is 0 Å². The van der Waals surface area contributed by atoms with Gasteiger partial charge in [-0.2, -0.15) is 4.31 Å². The third kappa shape index (κ3) is 2.93. The summed E-state index contributed by atoms with van der Waals surface area (Å²) in [4.78, 5) is 11.8. The van der Waals surface area contributed by atoms with E-state index in [1.54, 1.807) is 12.1 Å². The van der Waals surface area contributed by atoms with Gasteiger partial charge in [-0.05, 0) is 47.0 Å². The van der Waals surface area contributed by atoms with E-state index < -0.39 is 22.0 Å². The normalized spacial score (nSPS) is 20.1. The lowest BCUT2D eigenvalue weighted by molar-refractivity contribution is -0.144. The maximum Gasteiger partial charge on any atom is 0.324 e. The van der Waals surface area contributed by atoms with Crippen LogP contribution in [-0.4, -0.2) is 38.4 Å². The number of methoxy groups -OCH3 is 1. The fraction of sp³-hybridized carbons (Fsp3) is 0.417. The smallest absolute Gasteiger partial charge is 0.324 e. The Bertz CT molecular complexity index is 632. The van der Waals surface area contributed by atoms with Gasteiger partial charge < -0.3 is 4.74 Å². The van der Waals surface area contributed by atoms with Gasteiger partial charge in [0, 0.05) is 15.5 Å². The Kier molecular flexibility index (Phi) is 4.88. The van der Waals surface area contributed by atoms with E-state index in [1.165, 1.54) is 17.5 Å². The van der Waals surface area contributed by atoms with Gasteiger partial charge >= 0.3 is 5.97 Å². The molecule has 0 amide bonds. The first-order chi connectivity index (χ1) is 9.37. The van der Waals surface area contributed by atoms with Crippen molar-refractivity contribution in [1.29, 1.82) is 0 Å². The van der Waals surface area contributed by atoms with E-state index in [-0.39, 0.29) is 4.90 Å². The molecule has 1 aliphatic rings. The van der Waals surface area contributed by atoms with Crippen LogP contribution in [0.1, 0.15) is 12.8 Å². The Morgan fingerprint density at radius 3 is 2.75 bits per heavy atom. The Hall–Kier alpha value is -0.440. The Labute approximate surface area is 134 Å². The van der Waals surface area contributed by atoms with Crippen molar-refractivity contribution in [2.24, 2.45) is 0 Å². The van der Waals surface area contributed by atoms with Crippen molar-refractivity contribution in [2.45, 2.75) is 23.8 Å². The molecule has 0 aliphatic carbocycles. The first-order valence-corrected chi connectivity index (χ1v) is 8.95. The molecule has 0 saturated carbocycles. The molecule has 110 valence electrons. The lowest BCUT2D eigenvalue weighted by atomic mass is 10.2. The van der Waals surface area contributed by atoms with Crippen molar-refractivity contribution in [2.75, 3.05) is 13.7 Å². The minimum atomic E-state index is -3.74. The quantitative estimate of drug-likeness (QED) is 0.696. The van der Waals surface area contributed by atoms with Crippen molar-refractivity contribution in [3.05, 3.63) is 27.1 Å². The van der Waals surface area contributed by atoms with Crippen molar-refractivity contribution in [1.82, 2.24) is 4.31 Å². The second-order valence-electron chi connectivity index (χ2n) is 4.37. The van der Waals surface area contributed by atoms with E-state index in [9.17, 15) is 13.2 Å². The first-order valence-electron chi connectivity index (χ1n) is 5.92. The molecule has 2 rings (SSSR count). The number of nitrogens with zero attached hydrogens (tertiary/aromatic N) is 1. The van der Waals surface area contributed by atoms with Crippen molar-refractivity contribution in [3.8, 4) is 0 Å². The molecule has 1 aromatic carbocycles. The molecule has 0 radical (unpaired) electrons. The van der Waals surface area contributed by atoms with E-state index in [2.05, 4.69) is 36.6 Å². The molecule has 1 heterocycles. The molecule has 5 nitrogen and oxygen atoms in total. The highest BCUT2D eigenvalue weighted by Crippen LogP contribution is 2.32. The summed E-state index contributed by atoms with van der Waals surface area (Å²) in [6.07, 6.45) is 1.13. The highest BCUT2D eigenvalue weighted by molar-refractivity contribution is 9.11. The van der Waals surface area contributed by atoms with Crippen molar-refractivity contribution in [3.63, 3.8) is 0 Å². The van der Waals surface area contributed by atoms with Gasteiger partial charge in [0.05, 0.1) is 12.0 Å². The van der Waals surface area contributed by atoms with E-state index in [0.717, 1.165) is 0 Å². The second-order valence-corrected chi connectivity index (χ2v) is 8.00. The summed E-state index contributed by atoms with van der Waals surface area (Å²) in [6.45, 7) is 0.320. The number of ether oxygens (including phenoxy) is 1. The average Bonchev–Trinajstić information content (AvgIpc) is 2.90. The first kappa shape index (κ1) is 15.9. The third-order valence-electron chi connectivity index (χ3n) is 3.16. The number of esters is 1. The molecule has 1 fully saturated rings. The van der Waals surface area contributed by atoms with Gasteiger partial charge in [-0.1, -0.05) is 15.9 Å². The van der Waals surface area contributed by atoms with Gasteiger partial charge in [0.1, 0.15) is 6.04 Å². The lowest BCUT2D eigenvalue weighted by Gasteiger charge is -2.22. The molecule has 1 unspecified atom stereocenters. The fourth-order valence-corrected chi connectivity index (χ4v) is 5.31. The van der Waals surface area contributed by atoms with E-state index in [0.29, 0.717) is 28.3 Å². The number of hydrogen-bond donors (Lipinski definition) is 0. The van der Waals surface area contributed by atoms with E-state index >= 15 is 0 Å². The Balaban J connectivity index is 2.44. The number of halogens is 2. The van der Waals surface area contributed by atoms with Gasteiger partial charge in [-0.3, -0.25) is 4.79 Å². The standard InChI is InChI=1S/C12H13Br2NO4S/c1-19-12(16)10-3-2-6-15(10)20(17,18)11-7-8(13)4-5-9(11)14/h4-5,7,10H,2-3,6H2,1H3. The number of benzene rings is 1. The van der Waals surface area contributed by atoms with Crippen LogP contribution in [0.25, 0.3) is 0 Å². The zero-order valence-corrected chi connectivity index (χ0v) is 14.7. The predicted molar refractivity (Wildman–Crippen MR) is 80.8 cm³/mol. The summed E-state index contributed by atoms with van der Waals surface area (Å²) in [5.41, 5.74) is 0. The fourth-order valence-electron chi connectivity index (χ4n) is 2.20. The minimum absolute atomic E-state index is 0.141. The largest absolute Gasteiger partial charge is 0.468 e. The van der Waals surface area contributed by atoms with Crippen molar-refractivity contribution >= 4 is 47.9 Å². The number of carbonyl (C=O) groups is 1. The molecular weight excluding hydrogens is 414 g/mol. The van der Waals surface area contributed by atoms with E-state index in [4.69, 9.17) is 0 Å². The molecule has 8 heteroatoms.